The largest absolute Gasteiger partial charge is 0.465 e. The molecule has 0 spiro atoms. The summed E-state index contributed by atoms with van der Waals surface area (Å²) >= 11 is 0. The van der Waals surface area contributed by atoms with Crippen molar-refractivity contribution in [2.24, 2.45) is 0 Å². The summed E-state index contributed by atoms with van der Waals surface area (Å²) in [5, 5.41) is 0. The van der Waals surface area contributed by atoms with E-state index in [0.717, 1.165) is 31.2 Å². The molecule has 5 rings (SSSR count). The van der Waals surface area contributed by atoms with Crippen molar-refractivity contribution in [3.05, 3.63) is 92.9 Å². The first-order valence-corrected chi connectivity index (χ1v) is 11.0. The summed E-state index contributed by atoms with van der Waals surface area (Å²) in [4.78, 5) is 43.3. The molecule has 1 aliphatic rings. The van der Waals surface area contributed by atoms with E-state index >= 15 is 0 Å². The van der Waals surface area contributed by atoms with Crippen molar-refractivity contribution in [1.82, 2.24) is 18.7 Å². The fourth-order valence-corrected chi connectivity index (χ4v) is 4.63. The first-order chi connectivity index (χ1) is 16.1. The lowest BCUT2D eigenvalue weighted by atomic mass is 10.1. The van der Waals surface area contributed by atoms with Gasteiger partial charge < -0.3 is 9.30 Å². The molecule has 0 unspecified atom stereocenters. The van der Waals surface area contributed by atoms with Gasteiger partial charge in [0.15, 0.2) is 11.2 Å². The van der Waals surface area contributed by atoms with Gasteiger partial charge in [0.25, 0.3) is 5.56 Å². The maximum atomic E-state index is 13.6. The lowest BCUT2D eigenvalue weighted by Gasteiger charge is -2.17. The van der Waals surface area contributed by atoms with Crippen LogP contribution in [0, 0.1) is 0 Å². The maximum absolute atomic E-state index is 13.6. The molecule has 168 valence electrons. The second-order valence-electron chi connectivity index (χ2n) is 8.30. The number of hydrogen-bond acceptors (Lipinski definition) is 5. The molecular formula is C25H24N4O4. The van der Waals surface area contributed by atoms with Crippen molar-refractivity contribution in [3.8, 4) is 5.69 Å². The van der Waals surface area contributed by atoms with Gasteiger partial charge >= 0.3 is 11.7 Å². The van der Waals surface area contributed by atoms with Gasteiger partial charge in [-0.1, -0.05) is 43.2 Å². The summed E-state index contributed by atoms with van der Waals surface area (Å²) in [6, 6.07) is 16.2. The summed E-state index contributed by atoms with van der Waals surface area (Å²) in [5.41, 5.74) is 2.10. The zero-order chi connectivity index (χ0) is 22.9. The van der Waals surface area contributed by atoms with Gasteiger partial charge in [0, 0.05) is 12.6 Å². The van der Waals surface area contributed by atoms with E-state index in [2.05, 4.69) is 4.98 Å². The predicted octanol–water partition coefficient (Wildman–Crippen LogP) is 3.30. The number of methoxy groups -OCH3 is 1. The van der Waals surface area contributed by atoms with Crippen LogP contribution in [0.1, 0.15) is 47.6 Å². The minimum Gasteiger partial charge on any atom is -0.465 e. The topological polar surface area (TPSA) is 88.1 Å². The Kier molecular flexibility index (Phi) is 5.42. The highest BCUT2D eigenvalue weighted by Gasteiger charge is 2.26. The van der Waals surface area contributed by atoms with Crippen LogP contribution >= 0.6 is 0 Å². The maximum Gasteiger partial charge on any atom is 0.337 e. The van der Waals surface area contributed by atoms with Crippen LogP contribution in [0.5, 0.6) is 0 Å². The molecule has 0 amide bonds. The SMILES string of the molecule is COC(=O)c1ccc(Cn2cnc3c2c(=O)n(C2CCCC2)c(=O)n3-c2ccccc2)cc1. The number of esters is 1. The quantitative estimate of drug-likeness (QED) is 0.441. The first kappa shape index (κ1) is 20.9. The van der Waals surface area contributed by atoms with E-state index in [4.69, 9.17) is 4.74 Å². The summed E-state index contributed by atoms with van der Waals surface area (Å²) in [6.07, 6.45) is 5.24. The number of nitrogens with zero attached hydrogens (tertiary/aromatic N) is 4. The van der Waals surface area contributed by atoms with Crippen molar-refractivity contribution in [2.75, 3.05) is 7.11 Å². The van der Waals surface area contributed by atoms with E-state index in [9.17, 15) is 14.4 Å². The standard InChI is InChI=1S/C25H24N4O4/c1-33-24(31)18-13-11-17(12-14-18)15-27-16-26-22-21(27)23(30)29(20-9-5-6-10-20)25(32)28(22)19-7-3-2-4-8-19/h2-4,7-8,11-14,16,20H,5-6,9-10,15H2,1H3. The number of fused-ring (bicyclic) bond motifs is 1. The fourth-order valence-electron chi connectivity index (χ4n) is 4.63. The third-order valence-corrected chi connectivity index (χ3v) is 6.28. The third-order valence-electron chi connectivity index (χ3n) is 6.28. The molecule has 0 aliphatic heterocycles. The molecule has 4 aromatic rings. The number of imidazole rings is 1. The van der Waals surface area contributed by atoms with Crippen LogP contribution in [0.3, 0.4) is 0 Å². The molecule has 2 aromatic carbocycles. The number of aromatic nitrogens is 4. The Morgan fingerprint density at radius 3 is 2.39 bits per heavy atom. The Morgan fingerprint density at radius 2 is 1.73 bits per heavy atom. The molecule has 1 saturated carbocycles. The van der Waals surface area contributed by atoms with Gasteiger partial charge in [-0.2, -0.15) is 0 Å². The van der Waals surface area contributed by atoms with E-state index in [0.29, 0.717) is 29.0 Å². The van der Waals surface area contributed by atoms with Crippen LogP contribution in [-0.2, 0) is 11.3 Å². The molecular weight excluding hydrogens is 420 g/mol. The summed E-state index contributed by atoms with van der Waals surface area (Å²) in [7, 11) is 1.34. The van der Waals surface area contributed by atoms with E-state index in [-0.39, 0.29) is 17.3 Å². The smallest absolute Gasteiger partial charge is 0.337 e. The minimum atomic E-state index is -0.402. The summed E-state index contributed by atoms with van der Waals surface area (Å²) in [5.74, 6) is -0.402. The Hall–Kier alpha value is -3.94. The molecule has 0 bridgehead atoms. The number of hydrogen-bond donors (Lipinski definition) is 0. The van der Waals surface area contributed by atoms with Gasteiger partial charge in [0.1, 0.15) is 0 Å². The number of ether oxygens (including phenoxy) is 1. The zero-order valence-electron chi connectivity index (χ0n) is 18.3. The van der Waals surface area contributed by atoms with Crippen LogP contribution in [0.4, 0.5) is 0 Å². The van der Waals surface area contributed by atoms with Crippen LogP contribution in [0.2, 0.25) is 0 Å². The number of benzene rings is 2. The van der Waals surface area contributed by atoms with E-state index < -0.39 is 5.97 Å². The minimum absolute atomic E-state index is 0.105. The molecule has 1 aliphatic carbocycles. The predicted molar refractivity (Wildman–Crippen MR) is 124 cm³/mol. The molecule has 0 atom stereocenters. The average molecular weight is 444 g/mol. The normalized spacial score (nSPS) is 14.1. The highest BCUT2D eigenvalue weighted by atomic mass is 16.5. The van der Waals surface area contributed by atoms with Crippen molar-refractivity contribution in [2.45, 2.75) is 38.3 Å². The van der Waals surface area contributed by atoms with E-state index in [1.807, 2.05) is 42.5 Å². The molecule has 33 heavy (non-hydrogen) atoms. The Labute approximate surface area is 189 Å². The van der Waals surface area contributed by atoms with Gasteiger partial charge in [-0.05, 0) is 42.7 Å². The third kappa shape index (κ3) is 3.67. The second kappa shape index (κ2) is 8.54. The highest BCUT2D eigenvalue weighted by Crippen LogP contribution is 2.28. The van der Waals surface area contributed by atoms with Crippen LogP contribution in [-0.4, -0.2) is 31.8 Å². The van der Waals surface area contributed by atoms with Crippen LogP contribution in [0.15, 0.2) is 70.5 Å². The van der Waals surface area contributed by atoms with Gasteiger partial charge in [0.05, 0.1) is 24.7 Å². The first-order valence-electron chi connectivity index (χ1n) is 11.0. The number of carbonyl (C=O) groups excluding carboxylic acids is 1. The molecule has 8 nitrogen and oxygen atoms in total. The Bertz CT molecular complexity index is 1430. The molecule has 0 N–H and O–H groups in total. The highest BCUT2D eigenvalue weighted by molar-refractivity contribution is 5.89. The van der Waals surface area contributed by atoms with Crippen molar-refractivity contribution in [3.63, 3.8) is 0 Å². The second-order valence-corrected chi connectivity index (χ2v) is 8.30. The van der Waals surface area contributed by atoms with Gasteiger partial charge in [-0.15, -0.1) is 0 Å². The molecule has 8 heteroatoms. The van der Waals surface area contributed by atoms with E-state index in [1.165, 1.54) is 16.2 Å². The number of rotatable bonds is 5. The Morgan fingerprint density at radius 1 is 1.03 bits per heavy atom. The summed E-state index contributed by atoms with van der Waals surface area (Å²) in [6.45, 7) is 0.380. The van der Waals surface area contributed by atoms with Crippen LogP contribution in [0.25, 0.3) is 16.9 Å². The average Bonchev–Trinajstić information content (AvgIpc) is 3.51. The van der Waals surface area contributed by atoms with Crippen molar-refractivity contribution < 1.29 is 9.53 Å². The van der Waals surface area contributed by atoms with E-state index in [1.54, 1.807) is 23.0 Å². The molecule has 0 radical (unpaired) electrons. The molecule has 0 saturated heterocycles. The van der Waals surface area contributed by atoms with Crippen molar-refractivity contribution in [1.29, 1.82) is 0 Å². The lowest BCUT2D eigenvalue weighted by molar-refractivity contribution is 0.0600. The monoisotopic (exact) mass is 444 g/mol. The van der Waals surface area contributed by atoms with Gasteiger partial charge in [0.2, 0.25) is 0 Å². The lowest BCUT2D eigenvalue weighted by Crippen LogP contribution is -2.41. The summed E-state index contributed by atoms with van der Waals surface area (Å²) < 4.78 is 9.48. The van der Waals surface area contributed by atoms with Gasteiger partial charge in [-0.25, -0.2) is 19.1 Å². The molecule has 2 heterocycles. The number of carbonyl (C=O) groups is 1. The fraction of sp³-hybridized carbons (Fsp3) is 0.280. The van der Waals surface area contributed by atoms with Gasteiger partial charge in [-0.3, -0.25) is 9.36 Å². The Balaban J connectivity index is 1.67. The molecule has 2 aromatic heterocycles. The number of para-hydroxylation sites is 1. The zero-order valence-corrected chi connectivity index (χ0v) is 18.3. The van der Waals surface area contributed by atoms with Crippen LogP contribution < -0.4 is 11.2 Å². The molecule has 1 fully saturated rings. The van der Waals surface area contributed by atoms with Crippen molar-refractivity contribution >= 4 is 17.1 Å².